The van der Waals surface area contributed by atoms with Crippen LogP contribution in [0.25, 0.3) is 0 Å². The highest BCUT2D eigenvalue weighted by Gasteiger charge is 2.09. The Balaban J connectivity index is 2.28. The predicted molar refractivity (Wildman–Crippen MR) is 90.6 cm³/mol. The van der Waals surface area contributed by atoms with Crippen LogP contribution in [-0.2, 0) is 0 Å². The number of anilines is 3. The fourth-order valence-electron chi connectivity index (χ4n) is 1.69. The van der Waals surface area contributed by atoms with Crippen LogP contribution in [0.3, 0.4) is 0 Å². The first-order chi connectivity index (χ1) is 10.0. The van der Waals surface area contributed by atoms with Crippen molar-refractivity contribution in [3.8, 4) is 0 Å². The molecule has 0 aliphatic rings. The van der Waals surface area contributed by atoms with E-state index in [1.54, 1.807) is 12.3 Å². The van der Waals surface area contributed by atoms with Crippen LogP contribution in [0.4, 0.5) is 21.8 Å². The van der Waals surface area contributed by atoms with Crippen LogP contribution in [0.5, 0.6) is 0 Å². The van der Waals surface area contributed by atoms with Gasteiger partial charge in [0, 0.05) is 18.4 Å². The number of aryl methyl sites for hydroxylation is 1. The minimum atomic E-state index is -0.287. The summed E-state index contributed by atoms with van der Waals surface area (Å²) in [5.74, 6) is 0.900. The summed E-state index contributed by atoms with van der Waals surface area (Å²) in [6.45, 7) is 4.72. The van der Waals surface area contributed by atoms with E-state index in [-0.39, 0.29) is 5.82 Å². The van der Waals surface area contributed by atoms with Gasteiger partial charge in [-0.25, -0.2) is 9.37 Å². The molecule has 0 bridgehead atoms. The molecule has 1 aromatic carbocycles. The predicted octanol–water partition coefficient (Wildman–Crippen LogP) is 5.01. The summed E-state index contributed by atoms with van der Waals surface area (Å²) in [6.07, 6.45) is 2.67. The molecule has 112 valence electrons. The van der Waals surface area contributed by atoms with Gasteiger partial charge in [0.25, 0.3) is 0 Å². The first-order valence-corrected chi connectivity index (χ1v) is 8.09. The fraction of sp³-hybridized carbons (Fsp3) is 0.286. The monoisotopic (exact) mass is 416 g/mol. The largest absolute Gasteiger partial charge is 0.354 e. The van der Waals surface area contributed by atoms with E-state index in [0.717, 1.165) is 28.7 Å². The highest BCUT2D eigenvalue weighted by molar-refractivity contribution is 9.10. The number of benzene rings is 1. The molecule has 2 aromatic rings. The number of nitrogens with one attached hydrogen (secondary N) is 2. The maximum Gasteiger partial charge on any atom is 0.224 e. The molecule has 21 heavy (non-hydrogen) atoms. The maximum absolute atomic E-state index is 13.5. The van der Waals surface area contributed by atoms with Crippen LogP contribution in [0, 0.1) is 12.7 Å². The molecule has 0 saturated carbocycles. The van der Waals surface area contributed by atoms with Gasteiger partial charge in [-0.15, -0.1) is 0 Å². The zero-order valence-electron chi connectivity index (χ0n) is 11.7. The Morgan fingerprint density at radius 1 is 1.24 bits per heavy atom. The molecule has 1 aromatic heterocycles. The summed E-state index contributed by atoms with van der Waals surface area (Å²) < 4.78 is 14.6. The van der Waals surface area contributed by atoms with Gasteiger partial charge < -0.3 is 10.6 Å². The summed E-state index contributed by atoms with van der Waals surface area (Å²) in [5.41, 5.74) is 1.58. The van der Waals surface area contributed by atoms with Crippen molar-refractivity contribution >= 4 is 49.3 Å². The summed E-state index contributed by atoms with van der Waals surface area (Å²) in [7, 11) is 0. The number of aromatic nitrogens is 2. The Morgan fingerprint density at radius 3 is 2.71 bits per heavy atom. The Hall–Kier alpha value is -1.21. The van der Waals surface area contributed by atoms with Crippen LogP contribution in [0.2, 0.25) is 0 Å². The second kappa shape index (κ2) is 7.17. The highest BCUT2D eigenvalue weighted by atomic mass is 79.9. The van der Waals surface area contributed by atoms with Gasteiger partial charge in [0.15, 0.2) is 0 Å². The fourth-order valence-corrected chi connectivity index (χ4v) is 2.32. The van der Waals surface area contributed by atoms with Crippen LogP contribution < -0.4 is 10.6 Å². The van der Waals surface area contributed by atoms with E-state index in [9.17, 15) is 4.39 Å². The molecular weight excluding hydrogens is 403 g/mol. The highest BCUT2D eigenvalue weighted by Crippen LogP contribution is 2.29. The first-order valence-electron chi connectivity index (χ1n) is 6.50. The molecule has 2 N–H and O–H groups in total. The van der Waals surface area contributed by atoms with Gasteiger partial charge in [-0.3, -0.25) is 0 Å². The van der Waals surface area contributed by atoms with E-state index >= 15 is 0 Å². The van der Waals surface area contributed by atoms with Crippen molar-refractivity contribution in [2.45, 2.75) is 20.3 Å². The average molecular weight is 418 g/mol. The standard InChI is InChI=1S/C14H15Br2FN4/c1-3-4-18-14-19-7-10(16)13(21-14)20-12-6-9(15)11(17)5-8(12)2/h5-7H,3-4H2,1-2H3,(H2,18,19,20,21). The minimum Gasteiger partial charge on any atom is -0.354 e. The summed E-state index contributed by atoms with van der Waals surface area (Å²) in [4.78, 5) is 8.60. The molecule has 0 spiro atoms. The lowest BCUT2D eigenvalue weighted by Gasteiger charge is -2.12. The molecule has 0 aliphatic carbocycles. The smallest absolute Gasteiger partial charge is 0.224 e. The summed E-state index contributed by atoms with van der Waals surface area (Å²) in [6, 6.07) is 3.16. The van der Waals surface area contributed by atoms with Crippen molar-refractivity contribution in [3.63, 3.8) is 0 Å². The molecule has 7 heteroatoms. The van der Waals surface area contributed by atoms with E-state index < -0.39 is 0 Å². The molecule has 0 amide bonds. The molecule has 4 nitrogen and oxygen atoms in total. The van der Waals surface area contributed by atoms with E-state index in [1.807, 2.05) is 6.92 Å². The Kier molecular flexibility index (Phi) is 5.52. The molecule has 0 fully saturated rings. The second-order valence-corrected chi connectivity index (χ2v) is 6.23. The lowest BCUT2D eigenvalue weighted by molar-refractivity contribution is 0.620. The summed E-state index contributed by atoms with van der Waals surface area (Å²) >= 11 is 6.60. The number of rotatable bonds is 5. The number of hydrogen-bond acceptors (Lipinski definition) is 4. The number of nitrogens with zero attached hydrogens (tertiary/aromatic N) is 2. The van der Waals surface area contributed by atoms with Crippen LogP contribution in [-0.4, -0.2) is 16.5 Å². The van der Waals surface area contributed by atoms with Crippen LogP contribution in [0.15, 0.2) is 27.3 Å². The van der Waals surface area contributed by atoms with E-state index in [1.165, 1.54) is 6.07 Å². The lowest BCUT2D eigenvalue weighted by Crippen LogP contribution is -2.06. The van der Waals surface area contributed by atoms with Gasteiger partial charge in [0.05, 0.1) is 8.95 Å². The maximum atomic E-state index is 13.5. The van der Waals surface area contributed by atoms with E-state index in [2.05, 4.69) is 59.4 Å². The molecule has 0 aliphatic heterocycles. The molecule has 2 rings (SSSR count). The van der Waals surface area contributed by atoms with Crippen molar-refractivity contribution in [3.05, 3.63) is 38.7 Å². The molecule has 0 radical (unpaired) electrons. The molecule has 0 saturated heterocycles. The normalized spacial score (nSPS) is 10.5. The average Bonchev–Trinajstić information content (AvgIpc) is 2.45. The molecular formula is C14H15Br2FN4. The van der Waals surface area contributed by atoms with E-state index in [0.29, 0.717) is 16.2 Å². The van der Waals surface area contributed by atoms with Crippen LogP contribution >= 0.6 is 31.9 Å². The minimum absolute atomic E-state index is 0.287. The molecule has 0 atom stereocenters. The summed E-state index contributed by atoms with van der Waals surface area (Å²) in [5, 5.41) is 6.32. The third-order valence-electron chi connectivity index (χ3n) is 2.80. The number of hydrogen-bond donors (Lipinski definition) is 2. The third-order valence-corrected chi connectivity index (χ3v) is 3.99. The number of halogens is 3. The lowest BCUT2D eigenvalue weighted by atomic mass is 10.2. The van der Waals surface area contributed by atoms with Gasteiger partial charge in [-0.2, -0.15) is 4.98 Å². The van der Waals surface area contributed by atoms with Crippen molar-refractivity contribution in [2.24, 2.45) is 0 Å². The Labute approximate surface area is 139 Å². The van der Waals surface area contributed by atoms with Crippen molar-refractivity contribution < 1.29 is 4.39 Å². The molecule has 1 heterocycles. The third kappa shape index (κ3) is 4.14. The Morgan fingerprint density at radius 2 is 2.00 bits per heavy atom. The van der Waals surface area contributed by atoms with Crippen molar-refractivity contribution in [2.75, 3.05) is 17.2 Å². The SMILES string of the molecule is CCCNc1ncc(Br)c(Nc2cc(Br)c(F)cc2C)n1. The zero-order valence-corrected chi connectivity index (χ0v) is 14.8. The first kappa shape index (κ1) is 16.2. The topological polar surface area (TPSA) is 49.8 Å². The van der Waals surface area contributed by atoms with Gasteiger partial charge in [0.2, 0.25) is 5.95 Å². The van der Waals surface area contributed by atoms with Gasteiger partial charge >= 0.3 is 0 Å². The second-order valence-electron chi connectivity index (χ2n) is 4.52. The van der Waals surface area contributed by atoms with E-state index in [4.69, 9.17) is 0 Å². The van der Waals surface area contributed by atoms with Crippen LogP contribution in [0.1, 0.15) is 18.9 Å². The molecule has 0 unspecified atom stereocenters. The quantitative estimate of drug-likeness (QED) is 0.717. The van der Waals surface area contributed by atoms with Gasteiger partial charge in [-0.05, 0) is 62.9 Å². The van der Waals surface area contributed by atoms with Crippen molar-refractivity contribution in [1.82, 2.24) is 9.97 Å². The van der Waals surface area contributed by atoms with Gasteiger partial charge in [0.1, 0.15) is 11.6 Å². The Bertz CT molecular complexity index is 649. The van der Waals surface area contributed by atoms with Crippen molar-refractivity contribution in [1.29, 1.82) is 0 Å². The zero-order chi connectivity index (χ0) is 15.4. The van der Waals surface area contributed by atoms with Gasteiger partial charge in [-0.1, -0.05) is 6.92 Å².